The molecule has 3 rings (SSSR count). The van der Waals surface area contributed by atoms with Crippen molar-refractivity contribution in [2.24, 2.45) is 0 Å². The molecule has 1 unspecified atom stereocenters. The van der Waals surface area contributed by atoms with Crippen molar-refractivity contribution in [3.8, 4) is 5.75 Å². The lowest BCUT2D eigenvalue weighted by Crippen LogP contribution is -2.39. The van der Waals surface area contributed by atoms with Crippen molar-refractivity contribution < 1.29 is 23.7 Å². The molecule has 0 aromatic heterocycles. The average molecular weight is 481 g/mol. The highest BCUT2D eigenvalue weighted by molar-refractivity contribution is 8.22. The van der Waals surface area contributed by atoms with Crippen LogP contribution in [0, 0.1) is 0 Å². The number of carboxylic acids is 1. The Hall–Kier alpha value is -1.91. The first-order chi connectivity index (χ1) is 15.3. The number of hydrogen-bond acceptors (Lipinski definition) is 7. The van der Waals surface area contributed by atoms with Gasteiger partial charge in [-0.05, 0) is 24.6 Å². The molecule has 0 radical (unpaired) electrons. The van der Waals surface area contributed by atoms with Crippen LogP contribution in [0.1, 0.15) is 31.7 Å². The maximum atomic E-state index is 11.4. The van der Waals surface area contributed by atoms with Gasteiger partial charge in [-0.1, -0.05) is 38.0 Å². The number of carboxylic acid groups (broad SMARTS) is 1. The Labute approximate surface area is 195 Å². The summed E-state index contributed by atoms with van der Waals surface area (Å²) in [5.74, 6) is 0.0762. The number of benzene rings is 2. The molecule has 2 aromatic carbocycles. The summed E-state index contributed by atoms with van der Waals surface area (Å²) in [5, 5.41) is 8.98. The molecule has 176 valence electrons. The van der Waals surface area contributed by atoms with Crippen molar-refractivity contribution in [1.82, 2.24) is 4.31 Å². The van der Waals surface area contributed by atoms with Gasteiger partial charge in [0.2, 0.25) is 0 Å². The van der Waals surface area contributed by atoms with Crippen molar-refractivity contribution in [2.45, 2.75) is 42.9 Å². The fraction of sp³-hybridized carbons (Fsp3) is 0.435. The van der Waals surface area contributed by atoms with E-state index in [1.807, 2.05) is 36.4 Å². The normalized spacial score (nSPS) is 19.2. The third-order valence-corrected chi connectivity index (χ3v) is 8.68. The number of thioether (sulfide) groups is 1. The number of para-hydroxylation sites is 1. The summed E-state index contributed by atoms with van der Waals surface area (Å²) >= 11 is 1.25. The summed E-state index contributed by atoms with van der Waals surface area (Å²) in [6, 6.07) is 13.5. The van der Waals surface area contributed by atoms with Gasteiger partial charge in [-0.25, -0.2) is 4.31 Å². The number of nitrogens with zero attached hydrogens (tertiary/aromatic N) is 2. The Balaban J connectivity index is 2.13. The highest BCUT2D eigenvalue weighted by Crippen LogP contribution is 2.59. The molecule has 9 heteroatoms. The minimum absolute atomic E-state index is 0.0361. The zero-order valence-corrected chi connectivity index (χ0v) is 20.4. The van der Waals surface area contributed by atoms with Gasteiger partial charge >= 0.3 is 5.97 Å². The van der Waals surface area contributed by atoms with E-state index >= 15 is 0 Å². The summed E-state index contributed by atoms with van der Waals surface area (Å²) in [4.78, 5) is 13.5. The SMILES string of the molecule is CCCCC1CN(c2ccccc2)c2cc(OC)c(CSCC(=O)O)cc2S(O)(O)N1C. The van der Waals surface area contributed by atoms with Crippen LogP contribution in [-0.4, -0.2) is 57.0 Å². The average Bonchev–Trinajstić information content (AvgIpc) is 2.86. The molecule has 1 atom stereocenters. The van der Waals surface area contributed by atoms with Crippen LogP contribution in [0.15, 0.2) is 47.4 Å². The summed E-state index contributed by atoms with van der Waals surface area (Å²) in [7, 11) is 0.0930. The molecule has 0 aliphatic carbocycles. The number of ether oxygens (including phenoxy) is 1. The molecule has 32 heavy (non-hydrogen) atoms. The lowest BCUT2D eigenvalue weighted by molar-refractivity contribution is -0.133. The Morgan fingerprint density at radius 2 is 1.97 bits per heavy atom. The molecule has 0 bridgehead atoms. The van der Waals surface area contributed by atoms with Crippen LogP contribution in [-0.2, 0) is 10.5 Å². The third kappa shape index (κ3) is 5.35. The van der Waals surface area contributed by atoms with Crippen molar-refractivity contribution in [2.75, 3.05) is 31.4 Å². The predicted molar refractivity (Wildman–Crippen MR) is 132 cm³/mol. The smallest absolute Gasteiger partial charge is 0.313 e. The van der Waals surface area contributed by atoms with Gasteiger partial charge in [-0.3, -0.25) is 13.9 Å². The van der Waals surface area contributed by atoms with E-state index in [4.69, 9.17) is 9.84 Å². The standard InChI is InChI=1S/C23H32N2O5S2/c1-4-5-9-19-14-25(18-10-7-6-8-11-18)20-13-21(30-3)17(15-31-16-23(26)27)12-22(20)32(28,29)24(19)2/h6-8,10-13,19,28-29H,4-5,9,14-16H2,1-3H3,(H,26,27). The van der Waals surface area contributed by atoms with Crippen LogP contribution in [0.3, 0.4) is 0 Å². The van der Waals surface area contributed by atoms with Crippen molar-refractivity contribution in [3.63, 3.8) is 0 Å². The number of anilines is 2. The predicted octanol–water partition coefficient (Wildman–Crippen LogP) is 5.68. The quantitative estimate of drug-likeness (QED) is 0.422. The van der Waals surface area contributed by atoms with Crippen LogP contribution in [0.5, 0.6) is 5.75 Å². The summed E-state index contributed by atoms with van der Waals surface area (Å²) in [5.41, 5.74) is 2.41. The zero-order valence-electron chi connectivity index (χ0n) is 18.7. The van der Waals surface area contributed by atoms with Crippen LogP contribution >= 0.6 is 22.5 Å². The number of aliphatic carboxylic acids is 1. The number of unbranched alkanes of at least 4 members (excludes halogenated alkanes) is 1. The monoisotopic (exact) mass is 480 g/mol. The summed E-state index contributed by atoms with van der Waals surface area (Å²) in [6.45, 7) is 2.74. The Morgan fingerprint density at radius 1 is 1.25 bits per heavy atom. The first kappa shape index (κ1) is 24.7. The van der Waals surface area contributed by atoms with E-state index in [0.717, 1.165) is 30.5 Å². The van der Waals surface area contributed by atoms with Gasteiger partial charge in [0.05, 0.1) is 23.4 Å². The van der Waals surface area contributed by atoms with Gasteiger partial charge in [-0.2, -0.15) is 0 Å². The zero-order chi connectivity index (χ0) is 23.3. The number of rotatable bonds is 9. The Kier molecular flexibility index (Phi) is 8.35. The fourth-order valence-electron chi connectivity index (χ4n) is 3.93. The Bertz CT molecular complexity index is 926. The highest BCUT2D eigenvalue weighted by atomic mass is 32.3. The van der Waals surface area contributed by atoms with Crippen molar-refractivity contribution >= 4 is 39.9 Å². The first-order valence-electron chi connectivity index (χ1n) is 10.6. The summed E-state index contributed by atoms with van der Waals surface area (Å²) < 4.78 is 30.2. The lowest BCUT2D eigenvalue weighted by atomic mass is 10.1. The molecule has 0 fully saturated rings. The van der Waals surface area contributed by atoms with Crippen LogP contribution in [0.25, 0.3) is 0 Å². The van der Waals surface area contributed by atoms with Crippen molar-refractivity contribution in [1.29, 1.82) is 0 Å². The number of methoxy groups -OCH3 is 1. The van der Waals surface area contributed by atoms with Crippen LogP contribution in [0.4, 0.5) is 11.4 Å². The van der Waals surface area contributed by atoms with Gasteiger partial charge < -0.3 is 14.7 Å². The van der Waals surface area contributed by atoms with Crippen molar-refractivity contribution in [3.05, 3.63) is 48.0 Å². The molecule has 0 spiro atoms. The van der Waals surface area contributed by atoms with E-state index in [-0.39, 0.29) is 11.8 Å². The number of fused-ring (bicyclic) bond motifs is 1. The Morgan fingerprint density at radius 3 is 2.59 bits per heavy atom. The largest absolute Gasteiger partial charge is 0.496 e. The second-order valence-electron chi connectivity index (χ2n) is 7.83. The van der Waals surface area contributed by atoms with Gasteiger partial charge in [0.1, 0.15) is 5.75 Å². The molecule has 0 saturated carbocycles. The topological polar surface area (TPSA) is 93.5 Å². The molecule has 1 aliphatic rings. The third-order valence-electron chi connectivity index (χ3n) is 5.70. The van der Waals surface area contributed by atoms with E-state index < -0.39 is 16.7 Å². The van der Waals surface area contributed by atoms with E-state index in [0.29, 0.717) is 28.6 Å². The molecule has 2 aromatic rings. The molecule has 7 nitrogen and oxygen atoms in total. The van der Waals surface area contributed by atoms with E-state index in [1.165, 1.54) is 11.8 Å². The minimum atomic E-state index is -3.26. The second kappa shape index (κ2) is 10.8. The molecule has 3 N–H and O–H groups in total. The molecule has 0 saturated heterocycles. The van der Waals surface area contributed by atoms with Crippen LogP contribution in [0.2, 0.25) is 0 Å². The second-order valence-corrected chi connectivity index (χ2v) is 10.9. The molecule has 1 aliphatic heterocycles. The molecular formula is C23H32N2O5S2. The molecule has 0 amide bonds. The van der Waals surface area contributed by atoms with Crippen LogP contribution < -0.4 is 9.64 Å². The number of carbonyl (C=O) groups is 1. The maximum Gasteiger partial charge on any atom is 0.313 e. The first-order valence-corrected chi connectivity index (χ1v) is 13.3. The maximum absolute atomic E-state index is 11.4. The highest BCUT2D eigenvalue weighted by Gasteiger charge is 2.37. The number of hydrogen-bond donors (Lipinski definition) is 3. The van der Waals surface area contributed by atoms with Gasteiger partial charge in [0.15, 0.2) is 0 Å². The van der Waals surface area contributed by atoms with Gasteiger partial charge in [0.25, 0.3) is 0 Å². The van der Waals surface area contributed by atoms with E-state index in [2.05, 4.69) is 11.8 Å². The van der Waals surface area contributed by atoms with E-state index in [9.17, 15) is 13.9 Å². The minimum Gasteiger partial charge on any atom is -0.496 e. The van der Waals surface area contributed by atoms with E-state index in [1.54, 1.807) is 24.5 Å². The summed E-state index contributed by atoms with van der Waals surface area (Å²) in [6.07, 6.45) is 2.86. The fourth-order valence-corrected chi connectivity index (χ4v) is 6.30. The van der Waals surface area contributed by atoms with Gasteiger partial charge in [-0.15, -0.1) is 22.5 Å². The molecule has 1 heterocycles. The van der Waals surface area contributed by atoms with Gasteiger partial charge in [0, 0.05) is 42.7 Å². The number of likely N-dealkylation sites (N-methyl/N-ethyl adjacent to an activating group) is 1. The molecular weight excluding hydrogens is 448 g/mol. The lowest BCUT2D eigenvalue weighted by Gasteiger charge is -2.43.